The van der Waals surface area contributed by atoms with Gasteiger partial charge in [0, 0.05) is 0 Å². The maximum atomic E-state index is 8.69. The van der Waals surface area contributed by atoms with E-state index in [2.05, 4.69) is 0 Å². The van der Waals surface area contributed by atoms with Gasteiger partial charge in [-0.2, -0.15) is 0 Å². The summed E-state index contributed by atoms with van der Waals surface area (Å²) in [5, 5.41) is 0. The number of rotatable bonds is 0. The zero-order chi connectivity index (χ0) is 6.41. The van der Waals surface area contributed by atoms with E-state index < -0.39 is 21.2 Å². The van der Waals surface area contributed by atoms with Crippen LogP contribution in [0.1, 0.15) is 0 Å². The molecule has 0 rings (SSSR count). The van der Waals surface area contributed by atoms with E-state index in [9.17, 15) is 0 Å². The summed E-state index contributed by atoms with van der Waals surface area (Å²) in [6.07, 6.45) is 0. The molecule has 7 heteroatoms. The Morgan fingerprint density at radius 2 is 0.571 bits per heavy atom. The first kappa shape index (κ1) is 6.85. The van der Waals surface area contributed by atoms with E-state index in [1.165, 1.54) is 0 Å². The van der Waals surface area contributed by atoms with Crippen LogP contribution in [-0.2, 0) is 13.4 Å². The van der Waals surface area contributed by atoms with Gasteiger partial charge in [0.2, 0.25) is 0 Å². The topological polar surface area (TPSA) is 102 Å². The molecule has 6 nitrogen and oxygen atoms in total. The van der Waals surface area contributed by atoms with Crippen molar-refractivity contribution in [1.29, 1.82) is 0 Å². The van der Waals surface area contributed by atoms with Gasteiger partial charge in [-0.3, -0.25) is 0 Å². The van der Waals surface area contributed by atoms with E-state index >= 15 is 0 Å². The van der Waals surface area contributed by atoms with Crippen molar-refractivity contribution in [3.8, 4) is 0 Å². The molecule has 0 aliphatic heterocycles. The Bertz CT molecular complexity index is 432. The Labute approximate surface area is 34.8 Å². The van der Waals surface area contributed by atoms with E-state index in [0.29, 0.717) is 0 Å². The monoisotopic (exact) mass is 334 g/mol. The Morgan fingerprint density at radius 1 is 0.571 bits per heavy atom. The summed E-state index contributed by atoms with van der Waals surface area (Å²) in [5.74, 6) is 0. The van der Waals surface area contributed by atoms with E-state index in [0.717, 1.165) is 0 Å². The van der Waals surface area contributed by atoms with Crippen molar-refractivity contribution in [2.45, 2.75) is 0 Å². The molecule has 0 amide bonds. The Morgan fingerprint density at radius 3 is 0.571 bits per heavy atom. The van der Waals surface area contributed by atoms with Crippen molar-refractivity contribution in [3.63, 3.8) is 0 Å². The molecule has 0 aromatic heterocycles. The second-order valence-corrected chi connectivity index (χ2v) is 11.7. The average molecular weight is 334 g/mol. The van der Waals surface area contributed by atoms with Crippen LogP contribution in [0.5, 0.6) is 0 Å². The summed E-state index contributed by atoms with van der Waals surface area (Å²) in [5.41, 5.74) is 0. The van der Waals surface area contributed by atoms with Crippen LogP contribution in [0.15, 0.2) is 0 Å². The molecule has 0 aromatic rings. The molecule has 0 aromatic carbocycles. The van der Waals surface area contributed by atoms with Gasteiger partial charge in [0.05, 0.1) is 0 Å². The zero-order valence-corrected chi connectivity index (χ0v) is 7.11. The quantitative estimate of drug-likeness (QED) is 0.580. The molecule has 0 atom stereocenters. The van der Waals surface area contributed by atoms with E-state index in [1.54, 1.807) is 0 Å². The average Bonchev–Trinajstić information content (AvgIpc) is 0.592. The predicted octanol–water partition coefficient (Wildman–Crippen LogP) is -0.713. The normalized spacial score (nSPS) is 22.3. The zero-order valence-electron chi connectivity index (χ0n) is 2.95. The van der Waals surface area contributed by atoms with E-state index in [-0.39, 0.29) is 0 Å². The fourth-order valence-electron chi connectivity index (χ4n) is 0. The van der Waals surface area contributed by atoms with Crippen molar-refractivity contribution in [2.24, 2.45) is 0 Å². The van der Waals surface area contributed by atoms with Gasteiger partial charge in [-0.05, 0) is 0 Å². The van der Waals surface area contributed by atoms with Crippen molar-refractivity contribution in [2.75, 3.05) is 0 Å². The summed E-state index contributed by atoms with van der Waals surface area (Å²) in [6, 6.07) is 0. The van der Waals surface area contributed by atoms with Crippen LogP contribution in [0.2, 0.25) is 0 Å². The van der Waals surface area contributed by atoms with E-state index in [1.807, 2.05) is 0 Å². The molecule has 0 unspecified atom stereocenters. The third kappa shape index (κ3) is 3960. The van der Waals surface area contributed by atoms with Gasteiger partial charge >= 0.3 is 34.6 Å². The first-order valence-electron chi connectivity index (χ1n) is 1.22. The summed E-state index contributed by atoms with van der Waals surface area (Å²) < 4.78 is 52.2. The molecule has 0 radical (unpaired) electrons. The van der Waals surface area contributed by atoms with Gasteiger partial charge < -0.3 is 0 Å². The van der Waals surface area contributed by atoms with Crippen molar-refractivity contribution >= 4 is 0 Å². The van der Waals surface area contributed by atoms with Gasteiger partial charge in [0.1, 0.15) is 0 Å². The molecule has 0 saturated heterocycles. The van der Waals surface area contributed by atoms with Gasteiger partial charge in [-0.1, -0.05) is 0 Å². The number of hydrogen-bond acceptors (Lipinski definition) is 6. The Hall–Kier alpha value is -0.148. The predicted molar refractivity (Wildman–Crippen MR) is 4.12 cm³/mol. The van der Waals surface area contributed by atoms with Crippen LogP contribution < -0.4 is 0 Å². The second-order valence-electron chi connectivity index (χ2n) is 1.25. The fourth-order valence-corrected chi connectivity index (χ4v) is 0. The Balaban J connectivity index is 8.86. The minimum absolute atomic E-state index is 8.69. The van der Waals surface area contributed by atoms with Crippen LogP contribution in [0.25, 0.3) is 0 Å². The molecular weight excluding hydrogens is 334 g/mol. The molecule has 0 N–H and O–H groups in total. The van der Waals surface area contributed by atoms with Gasteiger partial charge in [0.15, 0.2) is 0 Å². The molecule has 40 valence electrons. The van der Waals surface area contributed by atoms with Crippen molar-refractivity contribution in [1.82, 2.24) is 0 Å². The molecule has 7 heavy (non-hydrogen) atoms. The first-order chi connectivity index (χ1) is 2.45. The molecule has 0 heterocycles. The molecule has 0 aliphatic rings. The molecule has 0 fully saturated rings. The summed E-state index contributed by atoms with van der Waals surface area (Å²) in [7, 11) is 0. The summed E-state index contributed by atoms with van der Waals surface area (Å²) in [4.78, 5) is 0. The van der Waals surface area contributed by atoms with Crippen LogP contribution in [0, 0.1) is 21.2 Å². The summed E-state index contributed by atoms with van der Waals surface area (Å²) in [6.45, 7) is 0. The first-order valence-corrected chi connectivity index (χ1v) is 11.4. The third-order valence-electron chi connectivity index (χ3n) is 0. The van der Waals surface area contributed by atoms with Gasteiger partial charge in [0.25, 0.3) is 0 Å². The van der Waals surface area contributed by atoms with Crippen LogP contribution >= 0.6 is 0 Å². The van der Waals surface area contributed by atoms with Gasteiger partial charge in [-0.25, -0.2) is 0 Å². The summed E-state index contributed by atoms with van der Waals surface area (Å²) >= 11 is -9.95. The Kier molecular flexibility index (Phi) is 0.611. The molecule has 0 aliphatic carbocycles. The standard InChI is InChI=1S/6O.U. The van der Waals surface area contributed by atoms with Crippen molar-refractivity contribution < 1.29 is 34.6 Å². The van der Waals surface area contributed by atoms with Crippen LogP contribution in [-0.4, -0.2) is 0 Å². The fraction of sp³-hybridized carbons (Fsp3) is 0. The molecule has 0 spiro atoms. The van der Waals surface area contributed by atoms with E-state index in [4.69, 9.17) is 13.4 Å². The van der Waals surface area contributed by atoms with Crippen molar-refractivity contribution in [3.05, 3.63) is 0 Å². The minimum atomic E-state index is -9.95. The second kappa shape index (κ2) is 0.625. The number of hydrogen-bond donors (Lipinski definition) is 0. The van der Waals surface area contributed by atoms with Gasteiger partial charge in [-0.15, -0.1) is 0 Å². The third-order valence-corrected chi connectivity index (χ3v) is 0. The SMILES string of the molecule is [O]=[U](=[O])(=[O])(=[O])(=[O])=[O]. The maximum absolute atomic E-state index is 9.95. The van der Waals surface area contributed by atoms with Crippen LogP contribution in [0.3, 0.4) is 0 Å². The molecule has 0 saturated carbocycles. The van der Waals surface area contributed by atoms with Crippen LogP contribution in [0.4, 0.5) is 0 Å². The molecular formula is O6U. The molecule has 0 bridgehead atoms.